The number of nitrogens with two attached hydrogens (primary N) is 1. The first-order valence-electron chi connectivity index (χ1n) is 6.54. The molecule has 0 aliphatic carbocycles. The van der Waals surface area contributed by atoms with Crippen LogP contribution in [0.5, 0.6) is 0 Å². The molecule has 2 N–H and O–H groups in total. The van der Waals surface area contributed by atoms with Gasteiger partial charge in [0.15, 0.2) is 5.82 Å². The fourth-order valence-electron chi connectivity index (χ4n) is 1.96. The second-order valence-electron chi connectivity index (χ2n) is 4.50. The summed E-state index contributed by atoms with van der Waals surface area (Å²) in [5.74, 6) is 0.675. The van der Waals surface area contributed by atoms with Crippen molar-refractivity contribution in [2.45, 2.75) is 39.2 Å². The van der Waals surface area contributed by atoms with Gasteiger partial charge in [-0.3, -0.25) is 0 Å². The van der Waals surface area contributed by atoms with Crippen molar-refractivity contribution in [2.24, 2.45) is 0 Å². The van der Waals surface area contributed by atoms with Gasteiger partial charge in [0, 0.05) is 12.1 Å². The lowest BCUT2D eigenvalue weighted by Crippen LogP contribution is -2.04. The first-order chi connectivity index (χ1) is 9.24. The van der Waals surface area contributed by atoms with Crippen molar-refractivity contribution < 1.29 is 0 Å². The Morgan fingerprint density at radius 3 is 2.89 bits per heavy atom. The van der Waals surface area contributed by atoms with Crippen molar-refractivity contribution in [1.29, 1.82) is 0 Å². The number of unbranched alkanes of at least 4 members (excludes halogenated alkanes) is 3. The molecular weight excluding hydrogens is 262 g/mol. The van der Waals surface area contributed by atoms with E-state index in [4.69, 9.17) is 17.3 Å². The summed E-state index contributed by atoms with van der Waals surface area (Å²) in [5, 5.41) is 12.3. The van der Waals surface area contributed by atoms with Crippen molar-refractivity contribution in [3.63, 3.8) is 0 Å². The van der Waals surface area contributed by atoms with Crippen molar-refractivity contribution in [3.05, 3.63) is 23.2 Å². The molecule has 0 saturated carbocycles. The van der Waals surface area contributed by atoms with Crippen molar-refractivity contribution in [3.8, 4) is 11.4 Å². The topological polar surface area (TPSA) is 69.6 Å². The number of halogens is 1. The maximum absolute atomic E-state index is 6.21. The molecule has 0 bridgehead atoms. The second-order valence-corrected chi connectivity index (χ2v) is 4.87. The highest BCUT2D eigenvalue weighted by Crippen LogP contribution is 2.30. The molecule has 0 aliphatic heterocycles. The summed E-state index contributed by atoms with van der Waals surface area (Å²) >= 11 is 6.21. The molecule has 1 aromatic heterocycles. The molecule has 0 radical (unpaired) electrons. The average Bonchev–Trinajstić information content (AvgIpc) is 2.86. The lowest BCUT2D eigenvalue weighted by molar-refractivity contribution is 0.531. The van der Waals surface area contributed by atoms with Gasteiger partial charge in [-0.15, -0.1) is 5.10 Å². The van der Waals surface area contributed by atoms with Gasteiger partial charge in [-0.05, 0) is 29.0 Å². The zero-order valence-electron chi connectivity index (χ0n) is 11.0. The van der Waals surface area contributed by atoms with Crippen LogP contribution in [0.2, 0.25) is 5.02 Å². The SMILES string of the molecule is CCCCCCn1nnnc1-c1cccc(N)c1Cl. The Morgan fingerprint density at radius 2 is 2.11 bits per heavy atom. The summed E-state index contributed by atoms with van der Waals surface area (Å²) in [6.07, 6.45) is 4.69. The zero-order valence-corrected chi connectivity index (χ0v) is 11.8. The number of nitrogen functional groups attached to an aromatic ring is 1. The van der Waals surface area contributed by atoms with E-state index in [1.807, 2.05) is 12.1 Å². The van der Waals surface area contributed by atoms with Crippen molar-refractivity contribution in [2.75, 3.05) is 5.73 Å². The minimum atomic E-state index is 0.507. The Morgan fingerprint density at radius 1 is 1.26 bits per heavy atom. The Hall–Kier alpha value is -1.62. The molecule has 0 aliphatic rings. The molecule has 5 nitrogen and oxygen atoms in total. The van der Waals surface area contributed by atoms with Gasteiger partial charge in [-0.1, -0.05) is 43.9 Å². The Labute approximate surface area is 117 Å². The number of benzene rings is 1. The van der Waals surface area contributed by atoms with Crippen LogP contribution in [-0.2, 0) is 6.54 Å². The molecule has 2 aromatic rings. The predicted octanol–water partition coefficient (Wildman–Crippen LogP) is 3.16. The fraction of sp³-hybridized carbons (Fsp3) is 0.462. The Balaban J connectivity index is 2.17. The van der Waals surface area contributed by atoms with Crippen LogP contribution in [0.1, 0.15) is 32.6 Å². The maximum atomic E-state index is 6.21. The predicted molar refractivity (Wildman–Crippen MR) is 76.8 cm³/mol. The number of hydrogen-bond donors (Lipinski definition) is 1. The first-order valence-corrected chi connectivity index (χ1v) is 6.92. The van der Waals surface area contributed by atoms with Gasteiger partial charge in [0.1, 0.15) is 0 Å². The van der Waals surface area contributed by atoms with Crippen LogP contribution in [-0.4, -0.2) is 20.2 Å². The van der Waals surface area contributed by atoms with Gasteiger partial charge >= 0.3 is 0 Å². The van der Waals surface area contributed by atoms with E-state index < -0.39 is 0 Å². The molecule has 0 unspecified atom stereocenters. The molecule has 0 amide bonds. The van der Waals surface area contributed by atoms with Crippen LogP contribution < -0.4 is 5.73 Å². The normalized spacial score (nSPS) is 10.8. The van der Waals surface area contributed by atoms with Gasteiger partial charge in [0.05, 0.1) is 10.7 Å². The minimum Gasteiger partial charge on any atom is -0.398 e. The van der Waals surface area contributed by atoms with Crippen LogP contribution >= 0.6 is 11.6 Å². The molecular formula is C13H18ClN5. The van der Waals surface area contributed by atoms with E-state index in [2.05, 4.69) is 22.4 Å². The highest BCUT2D eigenvalue weighted by molar-refractivity contribution is 6.35. The van der Waals surface area contributed by atoms with E-state index in [0.29, 0.717) is 16.5 Å². The number of hydrogen-bond acceptors (Lipinski definition) is 4. The number of tetrazole rings is 1. The molecule has 1 aromatic carbocycles. The standard InChI is InChI=1S/C13H18ClN5/c1-2-3-4-5-9-19-13(16-17-18-19)10-7-6-8-11(15)12(10)14/h6-8H,2-5,9,15H2,1H3. The molecule has 102 valence electrons. The zero-order chi connectivity index (χ0) is 13.7. The number of aromatic nitrogens is 4. The van der Waals surface area contributed by atoms with Crippen LogP contribution in [0.4, 0.5) is 5.69 Å². The summed E-state index contributed by atoms with van der Waals surface area (Å²) in [7, 11) is 0. The molecule has 2 rings (SSSR count). The lowest BCUT2D eigenvalue weighted by atomic mass is 10.2. The average molecular weight is 280 g/mol. The van der Waals surface area contributed by atoms with Crippen molar-refractivity contribution in [1.82, 2.24) is 20.2 Å². The monoisotopic (exact) mass is 279 g/mol. The quantitative estimate of drug-likeness (QED) is 0.651. The third-order valence-corrected chi connectivity index (χ3v) is 3.45. The molecule has 6 heteroatoms. The highest BCUT2D eigenvalue weighted by atomic mass is 35.5. The largest absolute Gasteiger partial charge is 0.398 e. The van der Waals surface area contributed by atoms with E-state index in [-0.39, 0.29) is 0 Å². The summed E-state index contributed by atoms with van der Waals surface area (Å²) in [4.78, 5) is 0. The number of aryl methyl sites for hydroxylation is 1. The summed E-state index contributed by atoms with van der Waals surface area (Å²) in [5.41, 5.74) is 7.13. The number of rotatable bonds is 6. The molecule has 1 heterocycles. The molecule has 0 saturated heterocycles. The maximum Gasteiger partial charge on any atom is 0.183 e. The summed E-state index contributed by atoms with van der Waals surface area (Å²) in [6.45, 7) is 2.99. The van der Waals surface area contributed by atoms with Crippen LogP contribution in [0.15, 0.2) is 18.2 Å². The van der Waals surface area contributed by atoms with Gasteiger partial charge in [0.2, 0.25) is 0 Å². The number of nitrogens with zero attached hydrogens (tertiary/aromatic N) is 4. The summed E-state index contributed by atoms with van der Waals surface area (Å²) in [6, 6.07) is 5.50. The van der Waals surface area contributed by atoms with Crippen LogP contribution in [0.25, 0.3) is 11.4 Å². The first kappa shape index (κ1) is 13.8. The third kappa shape index (κ3) is 3.23. The molecule has 0 fully saturated rings. The Kier molecular flexibility index (Phi) is 4.74. The number of anilines is 1. The smallest absolute Gasteiger partial charge is 0.183 e. The van der Waals surface area contributed by atoms with E-state index in [1.54, 1.807) is 10.7 Å². The van der Waals surface area contributed by atoms with E-state index in [1.165, 1.54) is 19.3 Å². The minimum absolute atomic E-state index is 0.507. The van der Waals surface area contributed by atoms with Gasteiger partial charge < -0.3 is 5.73 Å². The highest BCUT2D eigenvalue weighted by Gasteiger charge is 2.13. The van der Waals surface area contributed by atoms with Gasteiger partial charge in [-0.2, -0.15) is 0 Å². The third-order valence-electron chi connectivity index (χ3n) is 3.02. The van der Waals surface area contributed by atoms with Gasteiger partial charge in [0.25, 0.3) is 0 Å². The Bertz CT molecular complexity index is 538. The second kappa shape index (κ2) is 6.52. The van der Waals surface area contributed by atoms with Gasteiger partial charge in [-0.25, -0.2) is 4.68 Å². The van der Waals surface area contributed by atoms with E-state index in [0.717, 1.165) is 18.5 Å². The fourth-order valence-corrected chi connectivity index (χ4v) is 2.17. The molecule has 0 atom stereocenters. The van der Waals surface area contributed by atoms with E-state index in [9.17, 15) is 0 Å². The van der Waals surface area contributed by atoms with Crippen LogP contribution in [0.3, 0.4) is 0 Å². The molecule has 19 heavy (non-hydrogen) atoms. The van der Waals surface area contributed by atoms with Crippen LogP contribution in [0, 0.1) is 0 Å². The lowest BCUT2D eigenvalue weighted by Gasteiger charge is -2.07. The molecule has 0 spiro atoms. The van der Waals surface area contributed by atoms with E-state index >= 15 is 0 Å². The van der Waals surface area contributed by atoms with Crippen molar-refractivity contribution >= 4 is 17.3 Å². The summed E-state index contributed by atoms with van der Waals surface area (Å²) < 4.78 is 1.79.